The van der Waals surface area contributed by atoms with Gasteiger partial charge in [-0.15, -0.1) is 0 Å². The van der Waals surface area contributed by atoms with E-state index in [1.54, 1.807) is 10.9 Å². The van der Waals surface area contributed by atoms with Crippen LogP contribution in [0.4, 0.5) is 8.78 Å². The Hall–Kier alpha value is -0.530. The fourth-order valence-corrected chi connectivity index (χ4v) is 2.46. The lowest BCUT2D eigenvalue weighted by Gasteiger charge is -2.19. The SMILES string of the molecule is CCCNC(CCOCC(F)F)c1c(Br)cnn1C. The molecule has 4 nitrogen and oxygen atoms in total. The van der Waals surface area contributed by atoms with E-state index in [0.29, 0.717) is 13.0 Å². The minimum Gasteiger partial charge on any atom is -0.375 e. The van der Waals surface area contributed by atoms with Crippen LogP contribution in [0.2, 0.25) is 0 Å². The average molecular weight is 340 g/mol. The van der Waals surface area contributed by atoms with E-state index in [0.717, 1.165) is 23.1 Å². The van der Waals surface area contributed by atoms with E-state index in [9.17, 15) is 8.78 Å². The molecule has 1 N–H and O–H groups in total. The molecule has 1 rings (SSSR count). The van der Waals surface area contributed by atoms with Crippen LogP contribution in [0.25, 0.3) is 0 Å². The molecular weight excluding hydrogens is 320 g/mol. The first-order valence-electron chi connectivity index (χ1n) is 6.32. The number of alkyl halides is 2. The molecule has 19 heavy (non-hydrogen) atoms. The van der Waals surface area contributed by atoms with Crippen LogP contribution in [-0.2, 0) is 11.8 Å². The highest BCUT2D eigenvalue weighted by Crippen LogP contribution is 2.25. The van der Waals surface area contributed by atoms with Gasteiger partial charge in [-0.2, -0.15) is 5.10 Å². The van der Waals surface area contributed by atoms with E-state index in [2.05, 4.69) is 33.3 Å². The van der Waals surface area contributed by atoms with Gasteiger partial charge in [0.05, 0.1) is 22.4 Å². The maximum Gasteiger partial charge on any atom is 0.261 e. The van der Waals surface area contributed by atoms with Crippen molar-refractivity contribution in [2.75, 3.05) is 19.8 Å². The van der Waals surface area contributed by atoms with Crippen LogP contribution in [0.15, 0.2) is 10.7 Å². The quantitative estimate of drug-likeness (QED) is 0.703. The fourth-order valence-electron chi connectivity index (χ4n) is 1.84. The smallest absolute Gasteiger partial charge is 0.261 e. The third-order valence-electron chi connectivity index (χ3n) is 2.70. The molecule has 0 aliphatic rings. The van der Waals surface area contributed by atoms with Crippen molar-refractivity contribution < 1.29 is 13.5 Å². The van der Waals surface area contributed by atoms with Crippen LogP contribution < -0.4 is 5.32 Å². The summed E-state index contributed by atoms with van der Waals surface area (Å²) in [6.07, 6.45) is 0.954. The Morgan fingerprint density at radius 2 is 2.26 bits per heavy atom. The molecule has 110 valence electrons. The van der Waals surface area contributed by atoms with Gasteiger partial charge in [-0.25, -0.2) is 8.78 Å². The van der Waals surface area contributed by atoms with Crippen LogP contribution in [-0.4, -0.2) is 36.0 Å². The first kappa shape index (κ1) is 16.5. The summed E-state index contributed by atoms with van der Waals surface area (Å²) in [5, 5.41) is 7.55. The summed E-state index contributed by atoms with van der Waals surface area (Å²) in [5.41, 5.74) is 1.01. The van der Waals surface area contributed by atoms with Crippen molar-refractivity contribution in [1.82, 2.24) is 15.1 Å². The molecule has 1 unspecified atom stereocenters. The zero-order chi connectivity index (χ0) is 14.3. The van der Waals surface area contributed by atoms with Gasteiger partial charge in [-0.1, -0.05) is 6.92 Å². The second-order valence-electron chi connectivity index (χ2n) is 4.26. The molecule has 7 heteroatoms. The normalized spacial score (nSPS) is 13.2. The van der Waals surface area contributed by atoms with Crippen LogP contribution in [0.3, 0.4) is 0 Å². The van der Waals surface area contributed by atoms with Crippen molar-refractivity contribution >= 4 is 15.9 Å². The summed E-state index contributed by atoms with van der Waals surface area (Å²) in [6, 6.07) is 0.0412. The summed E-state index contributed by atoms with van der Waals surface area (Å²) >= 11 is 3.46. The molecule has 0 aliphatic carbocycles. The van der Waals surface area contributed by atoms with Crippen molar-refractivity contribution in [3.05, 3.63) is 16.4 Å². The summed E-state index contributed by atoms with van der Waals surface area (Å²) in [6.45, 7) is 2.73. The summed E-state index contributed by atoms with van der Waals surface area (Å²) in [7, 11) is 1.86. The Balaban J connectivity index is 2.57. The number of aromatic nitrogens is 2. The first-order chi connectivity index (χ1) is 9.06. The molecule has 0 bridgehead atoms. The largest absolute Gasteiger partial charge is 0.375 e. The highest BCUT2D eigenvalue weighted by atomic mass is 79.9. The van der Waals surface area contributed by atoms with Gasteiger partial charge in [0.2, 0.25) is 0 Å². The maximum atomic E-state index is 12.0. The van der Waals surface area contributed by atoms with E-state index >= 15 is 0 Å². The van der Waals surface area contributed by atoms with Crippen molar-refractivity contribution in [2.24, 2.45) is 7.05 Å². The van der Waals surface area contributed by atoms with Crippen molar-refractivity contribution in [1.29, 1.82) is 0 Å². The third kappa shape index (κ3) is 5.54. The Morgan fingerprint density at radius 1 is 1.53 bits per heavy atom. The molecule has 0 amide bonds. The lowest BCUT2D eigenvalue weighted by Crippen LogP contribution is -2.26. The molecule has 0 saturated carbocycles. The third-order valence-corrected chi connectivity index (χ3v) is 3.31. The minimum atomic E-state index is -2.41. The number of ether oxygens (including phenoxy) is 1. The summed E-state index contributed by atoms with van der Waals surface area (Å²) in [4.78, 5) is 0. The van der Waals surface area contributed by atoms with Gasteiger partial charge >= 0.3 is 0 Å². The van der Waals surface area contributed by atoms with Gasteiger partial charge < -0.3 is 10.1 Å². The van der Waals surface area contributed by atoms with Crippen LogP contribution in [0.5, 0.6) is 0 Å². The highest BCUT2D eigenvalue weighted by molar-refractivity contribution is 9.10. The zero-order valence-corrected chi connectivity index (χ0v) is 12.8. The second kappa shape index (κ2) is 8.60. The zero-order valence-electron chi connectivity index (χ0n) is 11.2. The van der Waals surface area contributed by atoms with Gasteiger partial charge in [-0.05, 0) is 35.3 Å². The number of aryl methyl sites for hydroxylation is 1. The number of halogens is 3. The van der Waals surface area contributed by atoms with Gasteiger partial charge in [0, 0.05) is 13.7 Å². The van der Waals surface area contributed by atoms with E-state index in [4.69, 9.17) is 4.74 Å². The monoisotopic (exact) mass is 339 g/mol. The van der Waals surface area contributed by atoms with Crippen molar-refractivity contribution in [2.45, 2.75) is 32.2 Å². The van der Waals surface area contributed by atoms with Gasteiger partial charge in [0.15, 0.2) is 0 Å². The van der Waals surface area contributed by atoms with Gasteiger partial charge in [-0.3, -0.25) is 4.68 Å². The van der Waals surface area contributed by atoms with Crippen molar-refractivity contribution in [3.63, 3.8) is 0 Å². The molecule has 1 atom stereocenters. The number of hydrogen-bond acceptors (Lipinski definition) is 3. The topological polar surface area (TPSA) is 39.1 Å². The molecule has 1 aromatic rings. The van der Waals surface area contributed by atoms with Crippen molar-refractivity contribution in [3.8, 4) is 0 Å². The minimum absolute atomic E-state index is 0.0412. The van der Waals surface area contributed by atoms with Crippen LogP contribution >= 0.6 is 15.9 Å². The van der Waals surface area contributed by atoms with E-state index in [1.165, 1.54) is 0 Å². The molecule has 0 aromatic carbocycles. The number of rotatable bonds is 9. The van der Waals surface area contributed by atoms with Crippen LogP contribution in [0.1, 0.15) is 31.5 Å². The van der Waals surface area contributed by atoms with Crippen LogP contribution in [0, 0.1) is 0 Å². The highest BCUT2D eigenvalue weighted by Gasteiger charge is 2.18. The molecule has 1 aromatic heterocycles. The lowest BCUT2D eigenvalue weighted by atomic mass is 10.1. The fraction of sp³-hybridized carbons (Fsp3) is 0.750. The molecule has 0 spiro atoms. The number of hydrogen-bond donors (Lipinski definition) is 1. The lowest BCUT2D eigenvalue weighted by molar-refractivity contribution is 0.0141. The Morgan fingerprint density at radius 3 is 2.79 bits per heavy atom. The van der Waals surface area contributed by atoms with Gasteiger partial charge in [0.25, 0.3) is 6.43 Å². The molecule has 0 fully saturated rings. The Kier molecular flexibility index (Phi) is 7.48. The van der Waals surface area contributed by atoms with E-state index < -0.39 is 13.0 Å². The predicted molar refractivity (Wildman–Crippen MR) is 73.4 cm³/mol. The molecule has 0 aliphatic heterocycles. The second-order valence-corrected chi connectivity index (χ2v) is 5.12. The van der Waals surface area contributed by atoms with Gasteiger partial charge in [0.1, 0.15) is 6.61 Å². The summed E-state index contributed by atoms with van der Waals surface area (Å²) in [5.74, 6) is 0. The Bertz CT molecular complexity index is 354. The first-order valence-corrected chi connectivity index (χ1v) is 7.12. The number of nitrogens with one attached hydrogen (secondary N) is 1. The predicted octanol–water partition coefficient (Wildman–Crippen LogP) is 2.90. The maximum absolute atomic E-state index is 12.0. The standard InChI is InChI=1S/C12H20BrF2N3O/c1-3-5-16-10(4-6-19-8-11(14)15)12-9(13)7-17-18(12)2/h7,10-11,16H,3-6,8H2,1-2H3. The Labute approximate surface area is 120 Å². The molecule has 0 saturated heterocycles. The van der Waals surface area contributed by atoms with E-state index in [1.807, 2.05) is 7.05 Å². The molecular formula is C12H20BrF2N3O. The molecule has 0 radical (unpaired) electrons. The average Bonchev–Trinajstić information content (AvgIpc) is 2.69. The molecule has 1 heterocycles. The van der Waals surface area contributed by atoms with E-state index in [-0.39, 0.29) is 6.04 Å². The summed E-state index contributed by atoms with van der Waals surface area (Å²) < 4.78 is 31.6. The number of nitrogens with zero attached hydrogens (tertiary/aromatic N) is 2.